The zero-order valence-corrected chi connectivity index (χ0v) is 15.1. The molecule has 0 spiro atoms. The van der Waals surface area contributed by atoms with E-state index in [1.165, 1.54) is 10.6 Å². The van der Waals surface area contributed by atoms with Gasteiger partial charge >= 0.3 is 0 Å². The molecule has 2 unspecified atom stereocenters. The normalized spacial score (nSPS) is 23.2. The van der Waals surface area contributed by atoms with Crippen LogP contribution in [0.3, 0.4) is 0 Å². The standard InChI is InChI=1S/C18H22N4O2S/c1-13-19-16(12-25-13)10-20-6-14-8-22(9-15(14)7-20)18(24)11-21-5-3-2-4-17(21)23/h2-5,12,14-15H,6-11H2,1H3. The van der Waals surface area contributed by atoms with E-state index >= 15 is 0 Å². The second-order valence-corrected chi connectivity index (χ2v) is 8.10. The van der Waals surface area contributed by atoms with Crippen LogP contribution in [-0.4, -0.2) is 51.4 Å². The first-order valence-electron chi connectivity index (χ1n) is 8.65. The molecule has 0 aromatic carbocycles. The second-order valence-electron chi connectivity index (χ2n) is 7.04. The van der Waals surface area contributed by atoms with Crippen LogP contribution in [0, 0.1) is 18.8 Å². The molecule has 0 bridgehead atoms. The number of carbonyl (C=O) groups excluding carboxylic acids is 1. The minimum atomic E-state index is -0.125. The molecule has 25 heavy (non-hydrogen) atoms. The van der Waals surface area contributed by atoms with Crippen molar-refractivity contribution < 1.29 is 4.79 Å². The maximum absolute atomic E-state index is 12.5. The first-order chi connectivity index (χ1) is 12.1. The Labute approximate surface area is 150 Å². The van der Waals surface area contributed by atoms with Crippen molar-refractivity contribution in [1.29, 1.82) is 0 Å². The van der Waals surface area contributed by atoms with Crippen molar-refractivity contribution >= 4 is 17.2 Å². The van der Waals surface area contributed by atoms with Gasteiger partial charge in [-0.15, -0.1) is 11.3 Å². The topological polar surface area (TPSA) is 58.4 Å². The van der Waals surface area contributed by atoms with Gasteiger partial charge in [0.05, 0.1) is 10.7 Å². The lowest BCUT2D eigenvalue weighted by Gasteiger charge is -2.21. The van der Waals surface area contributed by atoms with Crippen molar-refractivity contribution in [2.45, 2.75) is 20.0 Å². The Bertz CT molecular complexity index is 816. The van der Waals surface area contributed by atoms with Gasteiger partial charge in [-0.25, -0.2) is 4.98 Å². The molecule has 4 heterocycles. The summed E-state index contributed by atoms with van der Waals surface area (Å²) in [6.07, 6.45) is 1.68. The van der Waals surface area contributed by atoms with Crippen molar-refractivity contribution in [3.05, 3.63) is 50.8 Å². The van der Waals surface area contributed by atoms with Gasteiger partial charge in [0.2, 0.25) is 5.91 Å². The molecule has 1 amide bonds. The van der Waals surface area contributed by atoms with Crippen molar-refractivity contribution in [2.75, 3.05) is 26.2 Å². The van der Waals surface area contributed by atoms with Crippen LogP contribution in [-0.2, 0) is 17.9 Å². The highest BCUT2D eigenvalue weighted by Crippen LogP contribution is 2.32. The van der Waals surface area contributed by atoms with Crippen LogP contribution in [0.15, 0.2) is 34.6 Å². The number of fused-ring (bicyclic) bond motifs is 1. The molecule has 2 atom stereocenters. The van der Waals surface area contributed by atoms with Gasteiger partial charge in [-0.1, -0.05) is 6.07 Å². The number of aryl methyl sites for hydroxylation is 1. The van der Waals surface area contributed by atoms with E-state index in [1.807, 2.05) is 11.8 Å². The number of nitrogens with zero attached hydrogens (tertiary/aromatic N) is 4. The SMILES string of the molecule is Cc1nc(CN2CC3CN(C(=O)Cn4ccccc4=O)CC3C2)cs1. The molecule has 2 aromatic rings. The third-order valence-electron chi connectivity index (χ3n) is 5.17. The Balaban J connectivity index is 1.32. The van der Waals surface area contributed by atoms with E-state index in [9.17, 15) is 9.59 Å². The number of rotatable bonds is 4. The van der Waals surface area contributed by atoms with E-state index < -0.39 is 0 Å². The largest absolute Gasteiger partial charge is 0.340 e. The summed E-state index contributed by atoms with van der Waals surface area (Å²) in [7, 11) is 0. The number of aromatic nitrogens is 2. The Morgan fingerprint density at radius 2 is 2.00 bits per heavy atom. The maximum Gasteiger partial charge on any atom is 0.250 e. The Hall–Kier alpha value is -1.99. The van der Waals surface area contributed by atoms with E-state index in [4.69, 9.17) is 0 Å². The van der Waals surface area contributed by atoms with Gasteiger partial charge in [-0.3, -0.25) is 14.5 Å². The van der Waals surface area contributed by atoms with Gasteiger partial charge in [-0.05, 0) is 24.8 Å². The number of carbonyl (C=O) groups is 1. The highest BCUT2D eigenvalue weighted by atomic mass is 32.1. The summed E-state index contributed by atoms with van der Waals surface area (Å²) in [5, 5.41) is 3.25. The maximum atomic E-state index is 12.5. The van der Waals surface area contributed by atoms with E-state index in [1.54, 1.807) is 29.7 Å². The fourth-order valence-corrected chi connectivity index (χ4v) is 4.57. The molecule has 0 radical (unpaired) electrons. The smallest absolute Gasteiger partial charge is 0.250 e. The summed E-state index contributed by atoms with van der Waals surface area (Å²) in [6, 6.07) is 4.97. The van der Waals surface area contributed by atoms with Gasteiger partial charge < -0.3 is 9.47 Å². The Morgan fingerprint density at radius 1 is 1.24 bits per heavy atom. The number of likely N-dealkylation sites (tertiary alicyclic amines) is 2. The molecule has 132 valence electrons. The predicted octanol–water partition coefficient (Wildman–Crippen LogP) is 1.20. The first kappa shape index (κ1) is 16.5. The lowest BCUT2D eigenvalue weighted by atomic mass is 10.0. The highest BCUT2D eigenvalue weighted by molar-refractivity contribution is 7.09. The van der Waals surface area contributed by atoms with E-state index in [-0.39, 0.29) is 18.0 Å². The van der Waals surface area contributed by atoms with E-state index in [2.05, 4.69) is 15.3 Å². The van der Waals surface area contributed by atoms with Crippen molar-refractivity contribution in [1.82, 2.24) is 19.4 Å². The van der Waals surface area contributed by atoms with Gasteiger partial charge in [0.25, 0.3) is 5.56 Å². The van der Waals surface area contributed by atoms with Crippen LogP contribution in [0.1, 0.15) is 10.7 Å². The molecule has 2 saturated heterocycles. The van der Waals surface area contributed by atoms with Crippen LogP contribution in [0.4, 0.5) is 0 Å². The second kappa shape index (κ2) is 6.72. The molecule has 7 heteroatoms. The first-order valence-corrected chi connectivity index (χ1v) is 9.53. The Kier molecular flexibility index (Phi) is 4.43. The predicted molar refractivity (Wildman–Crippen MR) is 96.4 cm³/mol. The fourth-order valence-electron chi connectivity index (χ4n) is 3.97. The molecule has 0 saturated carbocycles. The third kappa shape index (κ3) is 3.52. The monoisotopic (exact) mass is 358 g/mol. The lowest BCUT2D eigenvalue weighted by molar-refractivity contribution is -0.131. The number of thiazole rings is 1. The minimum absolute atomic E-state index is 0.0457. The molecule has 4 rings (SSSR count). The van der Waals surface area contributed by atoms with Gasteiger partial charge in [-0.2, -0.15) is 0 Å². The molecule has 2 fully saturated rings. The van der Waals surface area contributed by atoms with Crippen LogP contribution < -0.4 is 5.56 Å². The van der Waals surface area contributed by atoms with Crippen LogP contribution in [0.2, 0.25) is 0 Å². The zero-order chi connectivity index (χ0) is 17.4. The quantitative estimate of drug-likeness (QED) is 0.824. The van der Waals surface area contributed by atoms with Gasteiger partial charge in [0.15, 0.2) is 0 Å². The van der Waals surface area contributed by atoms with Gasteiger partial charge in [0, 0.05) is 50.4 Å². The highest BCUT2D eigenvalue weighted by Gasteiger charge is 2.41. The summed E-state index contributed by atoms with van der Waals surface area (Å²) in [4.78, 5) is 33.2. The van der Waals surface area contributed by atoms with Crippen LogP contribution >= 0.6 is 11.3 Å². The number of pyridine rings is 1. The molecule has 6 nitrogen and oxygen atoms in total. The molecular weight excluding hydrogens is 336 g/mol. The Morgan fingerprint density at radius 3 is 2.64 bits per heavy atom. The third-order valence-corrected chi connectivity index (χ3v) is 5.99. The number of amides is 1. The molecule has 2 aromatic heterocycles. The average molecular weight is 358 g/mol. The summed E-state index contributed by atoms with van der Waals surface area (Å²) in [5.74, 6) is 1.12. The average Bonchev–Trinajstić information content (AvgIpc) is 3.24. The number of hydrogen-bond donors (Lipinski definition) is 0. The van der Waals surface area contributed by atoms with Crippen LogP contribution in [0.5, 0.6) is 0 Å². The minimum Gasteiger partial charge on any atom is -0.340 e. The number of hydrogen-bond acceptors (Lipinski definition) is 5. The summed E-state index contributed by atoms with van der Waals surface area (Å²) in [6.45, 7) is 6.74. The van der Waals surface area contributed by atoms with E-state index in [0.717, 1.165) is 43.4 Å². The molecule has 2 aliphatic heterocycles. The summed E-state index contributed by atoms with van der Waals surface area (Å²) >= 11 is 1.70. The molecule has 0 aliphatic carbocycles. The van der Waals surface area contributed by atoms with Crippen molar-refractivity contribution in [2.24, 2.45) is 11.8 Å². The van der Waals surface area contributed by atoms with Gasteiger partial charge in [0.1, 0.15) is 6.54 Å². The molecule has 0 N–H and O–H groups in total. The molecular formula is C18H22N4O2S. The fraction of sp³-hybridized carbons (Fsp3) is 0.500. The molecule has 2 aliphatic rings. The van der Waals surface area contributed by atoms with Crippen molar-refractivity contribution in [3.8, 4) is 0 Å². The summed E-state index contributed by atoms with van der Waals surface area (Å²) in [5.41, 5.74) is 1.03. The zero-order valence-electron chi connectivity index (χ0n) is 14.3. The van der Waals surface area contributed by atoms with Crippen molar-refractivity contribution in [3.63, 3.8) is 0 Å². The van der Waals surface area contributed by atoms with Crippen LogP contribution in [0.25, 0.3) is 0 Å². The summed E-state index contributed by atoms with van der Waals surface area (Å²) < 4.78 is 1.48. The van der Waals surface area contributed by atoms with E-state index in [0.29, 0.717) is 11.8 Å². The lowest BCUT2D eigenvalue weighted by Crippen LogP contribution is -2.37.